The Balaban J connectivity index is 1.67. The molecule has 2 aromatic rings. The number of anilines is 1. The number of rotatable bonds is 6. The number of carbonyl (C=O) groups is 2. The zero-order valence-electron chi connectivity index (χ0n) is 17.4. The summed E-state index contributed by atoms with van der Waals surface area (Å²) >= 11 is 6.14. The van der Waals surface area contributed by atoms with E-state index in [0.29, 0.717) is 30.1 Å². The molecule has 1 fully saturated rings. The summed E-state index contributed by atoms with van der Waals surface area (Å²) in [6, 6.07) is 9.26. The molecule has 156 valence electrons. The maximum absolute atomic E-state index is 12.5. The van der Waals surface area contributed by atoms with Crippen LogP contribution in [0.4, 0.5) is 5.82 Å². The van der Waals surface area contributed by atoms with Crippen molar-refractivity contribution in [1.29, 1.82) is 0 Å². The van der Waals surface area contributed by atoms with Gasteiger partial charge in [-0.05, 0) is 37.5 Å². The Morgan fingerprint density at radius 3 is 2.52 bits per heavy atom. The molecule has 0 spiro atoms. The molecule has 6 nitrogen and oxygen atoms in total. The largest absolute Gasteiger partial charge is 0.343 e. The molecule has 1 aliphatic rings. The number of halogens is 1. The minimum atomic E-state index is -0.161. The van der Waals surface area contributed by atoms with Crippen LogP contribution in [-0.4, -0.2) is 39.6 Å². The first-order chi connectivity index (χ1) is 13.7. The monoisotopic (exact) mass is 416 g/mol. The van der Waals surface area contributed by atoms with Crippen LogP contribution in [0.1, 0.15) is 58.6 Å². The molecule has 0 atom stereocenters. The average Bonchev–Trinajstić information content (AvgIpc) is 3.31. The van der Waals surface area contributed by atoms with Crippen molar-refractivity contribution < 1.29 is 9.59 Å². The standard InChI is InChI=1S/C22H29ClN4O2/c1-22(2,3)18-15-19(27(25-18)17-9-6-8-16(23)14-17)24-20(28)10-7-11-21(29)26-12-4-5-13-26/h6,8-9,14-15H,4-5,7,10-13H2,1-3H3,(H,24,28). The number of aromatic nitrogens is 2. The molecule has 29 heavy (non-hydrogen) atoms. The zero-order valence-corrected chi connectivity index (χ0v) is 18.1. The zero-order chi connectivity index (χ0) is 21.0. The van der Waals surface area contributed by atoms with Crippen molar-refractivity contribution in [3.63, 3.8) is 0 Å². The van der Waals surface area contributed by atoms with Gasteiger partial charge in [-0.1, -0.05) is 38.4 Å². The topological polar surface area (TPSA) is 67.2 Å². The second-order valence-corrected chi connectivity index (χ2v) is 8.98. The van der Waals surface area contributed by atoms with Crippen LogP contribution in [0, 0.1) is 0 Å². The van der Waals surface area contributed by atoms with Crippen molar-refractivity contribution in [3.8, 4) is 5.69 Å². The van der Waals surface area contributed by atoms with Gasteiger partial charge in [-0.2, -0.15) is 5.10 Å². The number of hydrogen-bond acceptors (Lipinski definition) is 3. The molecule has 0 unspecified atom stereocenters. The van der Waals surface area contributed by atoms with E-state index in [1.165, 1.54) is 0 Å². The lowest BCUT2D eigenvalue weighted by Crippen LogP contribution is -2.27. The summed E-state index contributed by atoms with van der Waals surface area (Å²) in [4.78, 5) is 26.5. The average molecular weight is 417 g/mol. The molecule has 1 aromatic heterocycles. The lowest BCUT2D eigenvalue weighted by molar-refractivity contribution is -0.130. The van der Waals surface area contributed by atoms with Crippen LogP contribution in [0.2, 0.25) is 5.02 Å². The van der Waals surface area contributed by atoms with Crippen LogP contribution in [0.3, 0.4) is 0 Å². The van der Waals surface area contributed by atoms with Crippen molar-refractivity contribution in [2.45, 2.75) is 58.3 Å². The highest BCUT2D eigenvalue weighted by molar-refractivity contribution is 6.30. The Hall–Kier alpha value is -2.34. The number of likely N-dealkylation sites (tertiary alicyclic amines) is 1. The third-order valence-electron chi connectivity index (χ3n) is 5.05. The molecule has 0 saturated carbocycles. The highest BCUT2D eigenvalue weighted by Gasteiger charge is 2.22. The first kappa shape index (κ1) is 21.4. The minimum Gasteiger partial charge on any atom is -0.343 e. The Morgan fingerprint density at radius 2 is 1.86 bits per heavy atom. The lowest BCUT2D eigenvalue weighted by Gasteiger charge is -2.14. The summed E-state index contributed by atoms with van der Waals surface area (Å²) in [5.74, 6) is 0.630. The van der Waals surface area contributed by atoms with Crippen molar-refractivity contribution in [2.24, 2.45) is 0 Å². The summed E-state index contributed by atoms with van der Waals surface area (Å²) in [6.07, 6.45) is 3.41. The van der Waals surface area contributed by atoms with Crippen LogP contribution in [-0.2, 0) is 15.0 Å². The molecule has 1 aromatic carbocycles. The molecule has 7 heteroatoms. The maximum Gasteiger partial charge on any atom is 0.225 e. The van der Waals surface area contributed by atoms with Crippen LogP contribution in [0.15, 0.2) is 30.3 Å². The van der Waals surface area contributed by atoms with Crippen LogP contribution >= 0.6 is 11.6 Å². The van der Waals surface area contributed by atoms with Crippen molar-refractivity contribution >= 4 is 29.2 Å². The van der Waals surface area contributed by atoms with Crippen molar-refractivity contribution in [2.75, 3.05) is 18.4 Å². The summed E-state index contributed by atoms with van der Waals surface area (Å²) < 4.78 is 1.71. The van der Waals surface area contributed by atoms with Gasteiger partial charge < -0.3 is 10.2 Å². The predicted molar refractivity (Wildman–Crippen MR) is 116 cm³/mol. The highest BCUT2D eigenvalue weighted by Crippen LogP contribution is 2.27. The number of hydrogen-bond donors (Lipinski definition) is 1. The second-order valence-electron chi connectivity index (χ2n) is 8.55. The molecule has 0 aliphatic carbocycles. The van der Waals surface area contributed by atoms with Gasteiger partial charge in [0.05, 0.1) is 11.4 Å². The second kappa shape index (κ2) is 8.99. The third kappa shape index (κ3) is 5.60. The highest BCUT2D eigenvalue weighted by atomic mass is 35.5. The van der Waals surface area contributed by atoms with Gasteiger partial charge in [0.2, 0.25) is 11.8 Å². The van der Waals surface area contributed by atoms with Gasteiger partial charge >= 0.3 is 0 Å². The lowest BCUT2D eigenvalue weighted by atomic mass is 9.92. The number of amides is 2. The Labute approximate surface area is 177 Å². The van der Waals surface area contributed by atoms with E-state index in [0.717, 1.165) is 37.3 Å². The Morgan fingerprint density at radius 1 is 1.14 bits per heavy atom. The van der Waals surface area contributed by atoms with E-state index in [2.05, 4.69) is 31.2 Å². The van der Waals surface area contributed by atoms with Crippen molar-refractivity contribution in [1.82, 2.24) is 14.7 Å². The van der Waals surface area contributed by atoms with E-state index < -0.39 is 0 Å². The van der Waals surface area contributed by atoms with Gasteiger partial charge in [0, 0.05) is 42.4 Å². The van der Waals surface area contributed by atoms with Crippen LogP contribution < -0.4 is 5.32 Å². The van der Waals surface area contributed by atoms with E-state index in [-0.39, 0.29) is 17.2 Å². The number of nitrogens with zero attached hydrogens (tertiary/aromatic N) is 3. The third-order valence-corrected chi connectivity index (χ3v) is 5.29. The van der Waals surface area contributed by atoms with Gasteiger partial charge in [0.25, 0.3) is 0 Å². The van der Waals surface area contributed by atoms with E-state index in [1.54, 1.807) is 10.7 Å². The van der Waals surface area contributed by atoms with Crippen molar-refractivity contribution in [3.05, 3.63) is 41.0 Å². The van der Waals surface area contributed by atoms with Gasteiger partial charge in [-0.15, -0.1) is 0 Å². The number of carbonyl (C=O) groups excluding carboxylic acids is 2. The fourth-order valence-electron chi connectivity index (χ4n) is 3.37. The Kier molecular flexibility index (Phi) is 6.63. The smallest absolute Gasteiger partial charge is 0.225 e. The maximum atomic E-state index is 12.5. The van der Waals surface area contributed by atoms with Gasteiger partial charge in [-0.25, -0.2) is 4.68 Å². The van der Waals surface area contributed by atoms with Crippen LogP contribution in [0.5, 0.6) is 0 Å². The quantitative estimate of drug-likeness (QED) is 0.750. The van der Waals surface area contributed by atoms with E-state index in [1.807, 2.05) is 29.2 Å². The Bertz CT molecular complexity index is 879. The molecule has 0 bridgehead atoms. The van der Waals surface area contributed by atoms with Crippen LogP contribution in [0.25, 0.3) is 5.69 Å². The van der Waals surface area contributed by atoms with Gasteiger partial charge in [0.1, 0.15) is 5.82 Å². The molecule has 0 radical (unpaired) electrons. The number of nitrogens with one attached hydrogen (secondary N) is 1. The summed E-state index contributed by atoms with van der Waals surface area (Å²) in [5.41, 5.74) is 1.50. The minimum absolute atomic E-state index is 0.122. The first-order valence-electron chi connectivity index (χ1n) is 10.2. The molecule has 3 rings (SSSR count). The molecule has 2 heterocycles. The molecule has 1 N–H and O–H groups in total. The predicted octanol–water partition coefficient (Wildman–Crippen LogP) is 4.55. The van der Waals surface area contributed by atoms with E-state index in [9.17, 15) is 9.59 Å². The normalized spacial score (nSPS) is 14.3. The molecular weight excluding hydrogens is 388 g/mol. The molecule has 1 saturated heterocycles. The van der Waals surface area contributed by atoms with Gasteiger partial charge in [0.15, 0.2) is 0 Å². The molecular formula is C22H29ClN4O2. The first-order valence-corrected chi connectivity index (χ1v) is 10.6. The fourth-order valence-corrected chi connectivity index (χ4v) is 3.56. The molecule has 2 amide bonds. The van der Waals surface area contributed by atoms with Gasteiger partial charge in [-0.3, -0.25) is 9.59 Å². The van der Waals surface area contributed by atoms with E-state index >= 15 is 0 Å². The summed E-state index contributed by atoms with van der Waals surface area (Å²) in [6.45, 7) is 7.92. The fraction of sp³-hybridized carbons (Fsp3) is 0.500. The number of benzene rings is 1. The summed E-state index contributed by atoms with van der Waals surface area (Å²) in [7, 11) is 0. The van der Waals surface area contributed by atoms with E-state index in [4.69, 9.17) is 11.6 Å². The summed E-state index contributed by atoms with van der Waals surface area (Å²) in [5, 5.41) is 8.25. The molecule has 1 aliphatic heterocycles. The SMILES string of the molecule is CC(C)(C)c1cc(NC(=O)CCCC(=O)N2CCCC2)n(-c2cccc(Cl)c2)n1.